The molecule has 0 aliphatic carbocycles. The lowest BCUT2D eigenvalue weighted by molar-refractivity contribution is 0.114. The molecule has 1 aromatic carbocycles. The van der Waals surface area contributed by atoms with E-state index in [2.05, 4.69) is 4.72 Å². The van der Waals surface area contributed by atoms with Gasteiger partial charge in [0.2, 0.25) is 20.0 Å². The number of benzene rings is 1. The molecule has 0 unspecified atom stereocenters. The molecule has 0 saturated carbocycles. The highest BCUT2D eigenvalue weighted by Crippen LogP contribution is 2.31. The van der Waals surface area contributed by atoms with Crippen LogP contribution in [0.3, 0.4) is 0 Å². The van der Waals surface area contributed by atoms with Crippen molar-refractivity contribution in [2.24, 2.45) is 0 Å². The van der Waals surface area contributed by atoms with Crippen molar-refractivity contribution in [3.63, 3.8) is 0 Å². The van der Waals surface area contributed by atoms with Gasteiger partial charge in [-0.3, -0.25) is 4.31 Å². The van der Waals surface area contributed by atoms with E-state index in [4.69, 9.17) is 9.47 Å². The van der Waals surface area contributed by atoms with Crippen LogP contribution >= 0.6 is 0 Å². The van der Waals surface area contributed by atoms with Crippen LogP contribution in [0.15, 0.2) is 23.1 Å². The first-order valence-corrected chi connectivity index (χ1v) is 11.7. The average Bonchev–Trinajstić information content (AvgIpc) is 3.13. The minimum Gasteiger partial charge on any atom is -0.495 e. The van der Waals surface area contributed by atoms with E-state index < -0.39 is 20.0 Å². The number of nitrogens with one attached hydrogen (secondary N) is 1. The molecule has 1 N–H and O–H groups in total. The first kappa shape index (κ1) is 19.4. The minimum absolute atomic E-state index is 0.0678. The lowest BCUT2D eigenvalue weighted by Gasteiger charge is -2.28. The molecular weight excluding hydrogens is 380 g/mol. The van der Waals surface area contributed by atoms with Gasteiger partial charge in [0.25, 0.3) is 0 Å². The normalized spacial score (nSPS) is 23.1. The molecule has 0 spiro atoms. The molecular formula is C16H24N2O6S2. The summed E-state index contributed by atoms with van der Waals surface area (Å²) >= 11 is 0. The van der Waals surface area contributed by atoms with Crippen molar-refractivity contribution in [3.05, 3.63) is 18.2 Å². The first-order chi connectivity index (χ1) is 12.3. The summed E-state index contributed by atoms with van der Waals surface area (Å²) in [6.07, 6.45) is 2.94. The van der Waals surface area contributed by atoms with Crippen LogP contribution in [0.2, 0.25) is 0 Å². The zero-order chi connectivity index (χ0) is 18.8. The van der Waals surface area contributed by atoms with Crippen molar-refractivity contribution in [2.75, 3.05) is 36.9 Å². The van der Waals surface area contributed by atoms with Gasteiger partial charge in [-0.2, -0.15) is 0 Å². The largest absolute Gasteiger partial charge is 0.495 e. The molecule has 2 heterocycles. The Balaban J connectivity index is 1.89. The van der Waals surface area contributed by atoms with E-state index in [-0.39, 0.29) is 29.0 Å². The molecule has 146 valence electrons. The quantitative estimate of drug-likeness (QED) is 0.761. The Morgan fingerprint density at radius 1 is 1.31 bits per heavy atom. The Bertz CT molecular complexity index is 847. The monoisotopic (exact) mass is 404 g/mol. The predicted molar refractivity (Wildman–Crippen MR) is 97.5 cm³/mol. The minimum atomic E-state index is -3.87. The summed E-state index contributed by atoms with van der Waals surface area (Å²) in [7, 11) is -5.91. The van der Waals surface area contributed by atoms with Crippen LogP contribution in [0.5, 0.6) is 5.75 Å². The van der Waals surface area contributed by atoms with Crippen LogP contribution in [-0.2, 0) is 24.8 Å². The molecule has 0 aromatic heterocycles. The van der Waals surface area contributed by atoms with Crippen molar-refractivity contribution in [1.29, 1.82) is 0 Å². The van der Waals surface area contributed by atoms with Gasteiger partial charge in [-0.1, -0.05) is 0 Å². The first-order valence-electron chi connectivity index (χ1n) is 8.63. The molecule has 8 nitrogen and oxygen atoms in total. The Hall–Kier alpha value is -1.36. The zero-order valence-electron chi connectivity index (χ0n) is 14.7. The third-order valence-electron chi connectivity index (χ3n) is 4.60. The molecule has 1 aromatic rings. The van der Waals surface area contributed by atoms with Crippen molar-refractivity contribution in [2.45, 2.75) is 36.7 Å². The highest BCUT2D eigenvalue weighted by Gasteiger charge is 2.29. The van der Waals surface area contributed by atoms with Crippen LogP contribution in [0.4, 0.5) is 5.69 Å². The maximum absolute atomic E-state index is 12.8. The third-order valence-corrected chi connectivity index (χ3v) is 7.91. The number of hydrogen-bond donors (Lipinski definition) is 1. The van der Waals surface area contributed by atoms with Gasteiger partial charge in [0, 0.05) is 19.7 Å². The van der Waals surface area contributed by atoms with Crippen LogP contribution < -0.4 is 13.8 Å². The van der Waals surface area contributed by atoms with Crippen molar-refractivity contribution < 1.29 is 26.3 Å². The van der Waals surface area contributed by atoms with Gasteiger partial charge in [-0.25, -0.2) is 21.6 Å². The van der Waals surface area contributed by atoms with Gasteiger partial charge >= 0.3 is 0 Å². The van der Waals surface area contributed by atoms with E-state index in [9.17, 15) is 16.8 Å². The Morgan fingerprint density at radius 3 is 2.77 bits per heavy atom. The fourth-order valence-electron chi connectivity index (χ4n) is 3.20. The second-order valence-electron chi connectivity index (χ2n) is 6.42. The fraction of sp³-hybridized carbons (Fsp3) is 0.625. The van der Waals surface area contributed by atoms with Crippen molar-refractivity contribution in [3.8, 4) is 5.75 Å². The number of sulfonamides is 2. The molecule has 0 bridgehead atoms. The Morgan fingerprint density at radius 2 is 2.12 bits per heavy atom. The number of rotatable bonds is 6. The number of anilines is 1. The van der Waals surface area contributed by atoms with Crippen LogP contribution in [0, 0.1) is 0 Å². The maximum atomic E-state index is 12.8. The highest BCUT2D eigenvalue weighted by molar-refractivity contribution is 7.92. The molecule has 2 fully saturated rings. The van der Waals surface area contributed by atoms with Crippen LogP contribution in [0.1, 0.15) is 25.7 Å². The number of nitrogens with zero attached hydrogens (tertiary/aromatic N) is 1. The van der Waals surface area contributed by atoms with Crippen LogP contribution in [0.25, 0.3) is 0 Å². The summed E-state index contributed by atoms with van der Waals surface area (Å²) < 4.78 is 64.6. The molecule has 0 radical (unpaired) electrons. The highest BCUT2D eigenvalue weighted by atomic mass is 32.2. The number of ether oxygens (including phenoxy) is 2. The van der Waals surface area contributed by atoms with E-state index in [1.165, 1.54) is 23.5 Å². The molecule has 1 atom stereocenters. The van der Waals surface area contributed by atoms with Gasteiger partial charge in [0.15, 0.2) is 0 Å². The summed E-state index contributed by atoms with van der Waals surface area (Å²) in [5.41, 5.74) is 0.336. The summed E-state index contributed by atoms with van der Waals surface area (Å²) in [6, 6.07) is 4.42. The van der Waals surface area contributed by atoms with Gasteiger partial charge < -0.3 is 9.47 Å². The summed E-state index contributed by atoms with van der Waals surface area (Å²) in [6.45, 7) is 1.16. The second-order valence-corrected chi connectivity index (χ2v) is 10.2. The average molecular weight is 405 g/mol. The second kappa shape index (κ2) is 7.71. The molecule has 2 aliphatic rings. The van der Waals surface area contributed by atoms with Crippen LogP contribution in [-0.4, -0.2) is 55.5 Å². The Kier molecular flexibility index (Phi) is 5.75. The number of methoxy groups -OCH3 is 1. The fourth-order valence-corrected chi connectivity index (χ4v) is 6.08. The van der Waals surface area contributed by atoms with Gasteiger partial charge in [-0.15, -0.1) is 0 Å². The smallest absolute Gasteiger partial charge is 0.244 e. The summed E-state index contributed by atoms with van der Waals surface area (Å²) in [5, 5.41) is 0. The molecule has 26 heavy (non-hydrogen) atoms. The van der Waals surface area contributed by atoms with E-state index in [0.29, 0.717) is 25.3 Å². The SMILES string of the molecule is COc1ccc(N2CCCCS2(=O)=O)cc1S(=O)(=O)NC[C@H]1CCCO1. The molecule has 3 rings (SSSR count). The summed E-state index contributed by atoms with van der Waals surface area (Å²) in [4.78, 5) is -0.0729. The topological polar surface area (TPSA) is 102 Å². The predicted octanol–water partition coefficient (Wildman–Crippen LogP) is 1.08. The van der Waals surface area contributed by atoms with E-state index in [1.54, 1.807) is 6.07 Å². The molecule has 2 aliphatic heterocycles. The lowest BCUT2D eigenvalue weighted by atomic mass is 10.2. The molecule has 10 heteroatoms. The standard InChI is InChI=1S/C16H24N2O6S2/c1-23-15-7-6-13(18-8-2-3-10-25(18,19)20)11-16(15)26(21,22)17-12-14-5-4-9-24-14/h6-7,11,14,17H,2-5,8-10,12H2,1H3/t14-/m1/s1. The molecule has 0 amide bonds. The third kappa shape index (κ3) is 4.13. The van der Waals surface area contributed by atoms with E-state index in [1.807, 2.05) is 0 Å². The molecule has 2 saturated heterocycles. The van der Waals surface area contributed by atoms with Crippen molar-refractivity contribution in [1.82, 2.24) is 4.72 Å². The van der Waals surface area contributed by atoms with E-state index >= 15 is 0 Å². The van der Waals surface area contributed by atoms with E-state index in [0.717, 1.165) is 19.3 Å². The van der Waals surface area contributed by atoms with Gasteiger partial charge in [-0.05, 0) is 43.9 Å². The van der Waals surface area contributed by atoms with Crippen molar-refractivity contribution >= 4 is 25.7 Å². The Labute approximate surface area is 154 Å². The van der Waals surface area contributed by atoms with Gasteiger partial charge in [0.05, 0.1) is 24.7 Å². The lowest BCUT2D eigenvalue weighted by Crippen LogP contribution is -2.38. The number of hydrogen-bond acceptors (Lipinski definition) is 6. The zero-order valence-corrected chi connectivity index (χ0v) is 16.3. The van der Waals surface area contributed by atoms with Gasteiger partial charge in [0.1, 0.15) is 10.6 Å². The maximum Gasteiger partial charge on any atom is 0.244 e. The summed E-state index contributed by atoms with van der Waals surface area (Å²) in [5.74, 6) is 0.237.